The molecule has 7 heteroatoms. The second kappa shape index (κ2) is 11.0. The van der Waals surface area contributed by atoms with Crippen LogP contribution in [0.25, 0.3) is 16.9 Å². The van der Waals surface area contributed by atoms with Gasteiger partial charge < -0.3 is 10.6 Å². The number of rotatable bonds is 7. The highest BCUT2D eigenvalue weighted by Gasteiger charge is 2.23. The average Bonchev–Trinajstić information content (AvgIpc) is 3.41. The lowest BCUT2D eigenvalue weighted by molar-refractivity contribution is -0.117. The zero-order valence-corrected chi connectivity index (χ0v) is 20.0. The topological polar surface area (TPSA) is 79.3 Å². The van der Waals surface area contributed by atoms with Crippen molar-refractivity contribution in [2.24, 2.45) is 0 Å². The Morgan fingerprint density at radius 3 is 2.33 bits per heavy atom. The number of hydrogen-bond donors (Lipinski definition) is 2. The molecule has 0 spiro atoms. The lowest BCUT2D eigenvalue weighted by atomic mass is 10.0. The largest absolute Gasteiger partial charge is 0.349 e. The van der Waals surface area contributed by atoms with Crippen molar-refractivity contribution >= 4 is 17.5 Å². The molecule has 7 nitrogen and oxygen atoms in total. The molecule has 2 N–H and O–H groups in total. The van der Waals surface area contributed by atoms with Crippen LogP contribution >= 0.6 is 0 Å². The monoisotopic (exact) mass is 479 g/mol. The molecular formula is C29H29N5O2. The van der Waals surface area contributed by atoms with Crippen molar-refractivity contribution < 1.29 is 9.59 Å². The summed E-state index contributed by atoms with van der Waals surface area (Å²) in [5.41, 5.74) is 4.28. The van der Waals surface area contributed by atoms with Gasteiger partial charge in [0.2, 0.25) is 5.91 Å². The number of carbonyl (C=O) groups excluding carboxylic acids is 2. The molecule has 4 aromatic rings. The summed E-state index contributed by atoms with van der Waals surface area (Å²) in [6.07, 6.45) is 3.38. The molecule has 0 unspecified atom stereocenters. The van der Waals surface area contributed by atoms with Gasteiger partial charge in [-0.15, -0.1) is 0 Å². The third kappa shape index (κ3) is 5.70. The molecule has 0 bridgehead atoms. The van der Waals surface area contributed by atoms with Crippen LogP contribution in [0.1, 0.15) is 23.2 Å². The summed E-state index contributed by atoms with van der Waals surface area (Å²) < 4.78 is 1.85. The van der Waals surface area contributed by atoms with E-state index in [1.165, 1.54) is 0 Å². The molecule has 0 saturated carbocycles. The molecular weight excluding hydrogens is 450 g/mol. The number of anilines is 1. The third-order valence-corrected chi connectivity index (χ3v) is 6.41. The molecule has 182 valence electrons. The van der Waals surface area contributed by atoms with Gasteiger partial charge in [-0.1, -0.05) is 54.6 Å². The zero-order chi connectivity index (χ0) is 24.7. The highest BCUT2D eigenvalue weighted by molar-refractivity contribution is 5.95. The highest BCUT2D eigenvalue weighted by atomic mass is 16.2. The Hall–Kier alpha value is -4.23. The molecule has 2 amide bonds. The van der Waals surface area contributed by atoms with Crippen molar-refractivity contribution in [1.82, 2.24) is 20.0 Å². The van der Waals surface area contributed by atoms with Crippen LogP contribution in [-0.2, 0) is 4.79 Å². The van der Waals surface area contributed by atoms with Gasteiger partial charge in [0.05, 0.1) is 24.1 Å². The number of nitrogens with zero attached hydrogens (tertiary/aromatic N) is 3. The minimum atomic E-state index is -0.0921. The molecule has 0 atom stereocenters. The highest BCUT2D eigenvalue weighted by Crippen LogP contribution is 2.23. The summed E-state index contributed by atoms with van der Waals surface area (Å²) in [5.74, 6) is -0.112. The first-order chi connectivity index (χ1) is 17.7. The molecule has 36 heavy (non-hydrogen) atoms. The van der Waals surface area contributed by atoms with Crippen LogP contribution < -0.4 is 10.6 Å². The van der Waals surface area contributed by atoms with Crippen LogP contribution in [0.2, 0.25) is 0 Å². The third-order valence-electron chi connectivity index (χ3n) is 6.41. The van der Waals surface area contributed by atoms with Gasteiger partial charge in [0.25, 0.3) is 5.91 Å². The maximum absolute atomic E-state index is 13.0. The van der Waals surface area contributed by atoms with Crippen molar-refractivity contribution in [3.05, 3.63) is 103 Å². The van der Waals surface area contributed by atoms with E-state index < -0.39 is 0 Å². The Labute approximate surface area is 210 Å². The summed E-state index contributed by atoms with van der Waals surface area (Å²) in [4.78, 5) is 27.5. The SMILES string of the molecule is O=C(CN1CCC(NC(=O)c2cccc(-n3nccc3-c3ccccc3)c2)CC1)Nc1ccccc1. The Morgan fingerprint density at radius 2 is 1.58 bits per heavy atom. The number of amides is 2. The summed E-state index contributed by atoms with van der Waals surface area (Å²) in [6.45, 7) is 1.88. The Kier molecular flexibility index (Phi) is 7.19. The van der Waals surface area contributed by atoms with Gasteiger partial charge in [-0.2, -0.15) is 5.10 Å². The van der Waals surface area contributed by atoms with E-state index in [1.54, 1.807) is 6.20 Å². The van der Waals surface area contributed by atoms with Gasteiger partial charge in [-0.3, -0.25) is 14.5 Å². The van der Waals surface area contributed by atoms with Crippen molar-refractivity contribution in [2.75, 3.05) is 25.0 Å². The number of hydrogen-bond acceptors (Lipinski definition) is 4. The average molecular weight is 480 g/mol. The zero-order valence-electron chi connectivity index (χ0n) is 20.0. The van der Waals surface area contributed by atoms with E-state index in [2.05, 4.69) is 20.6 Å². The van der Waals surface area contributed by atoms with Gasteiger partial charge in [0, 0.05) is 35.9 Å². The van der Waals surface area contributed by atoms with Crippen molar-refractivity contribution in [3.63, 3.8) is 0 Å². The predicted molar refractivity (Wildman–Crippen MR) is 141 cm³/mol. The van der Waals surface area contributed by atoms with E-state index in [0.717, 1.165) is 48.6 Å². The number of benzene rings is 3. The smallest absolute Gasteiger partial charge is 0.251 e. The van der Waals surface area contributed by atoms with E-state index in [9.17, 15) is 9.59 Å². The quantitative estimate of drug-likeness (QED) is 0.413. The van der Waals surface area contributed by atoms with Crippen molar-refractivity contribution in [3.8, 4) is 16.9 Å². The first-order valence-corrected chi connectivity index (χ1v) is 12.2. The fourth-order valence-electron chi connectivity index (χ4n) is 4.54. The van der Waals surface area contributed by atoms with Gasteiger partial charge in [-0.05, 0) is 49.2 Å². The Morgan fingerprint density at radius 1 is 0.861 bits per heavy atom. The first kappa shape index (κ1) is 23.5. The van der Waals surface area contributed by atoms with Gasteiger partial charge in [-0.25, -0.2) is 4.68 Å². The molecule has 1 aromatic heterocycles. The van der Waals surface area contributed by atoms with Crippen LogP contribution in [0.15, 0.2) is 97.2 Å². The molecule has 1 aliphatic rings. The van der Waals surface area contributed by atoms with E-state index >= 15 is 0 Å². The van der Waals surface area contributed by atoms with E-state index in [-0.39, 0.29) is 17.9 Å². The van der Waals surface area contributed by atoms with Crippen molar-refractivity contribution in [1.29, 1.82) is 0 Å². The molecule has 3 aromatic carbocycles. The summed E-state index contributed by atoms with van der Waals surface area (Å²) >= 11 is 0. The first-order valence-electron chi connectivity index (χ1n) is 12.2. The lowest BCUT2D eigenvalue weighted by Gasteiger charge is -2.31. The number of carbonyl (C=O) groups is 2. The lowest BCUT2D eigenvalue weighted by Crippen LogP contribution is -2.46. The Balaban J connectivity index is 1.16. The van der Waals surface area contributed by atoms with E-state index in [0.29, 0.717) is 12.1 Å². The number of para-hydroxylation sites is 1. The summed E-state index contributed by atoms with van der Waals surface area (Å²) in [5, 5.41) is 10.6. The summed E-state index contributed by atoms with van der Waals surface area (Å²) in [7, 11) is 0. The molecule has 1 saturated heterocycles. The molecule has 1 fully saturated rings. The van der Waals surface area contributed by atoms with Gasteiger partial charge in [0.15, 0.2) is 0 Å². The van der Waals surface area contributed by atoms with Gasteiger partial charge in [0.1, 0.15) is 0 Å². The molecule has 0 radical (unpaired) electrons. The summed E-state index contributed by atoms with van der Waals surface area (Å²) in [6, 6.07) is 29.1. The molecule has 0 aliphatic carbocycles. The number of piperidine rings is 1. The second-order valence-electron chi connectivity index (χ2n) is 8.98. The minimum absolute atomic E-state index is 0.0195. The molecule has 5 rings (SSSR count). The molecule has 1 aliphatic heterocycles. The van der Waals surface area contributed by atoms with Gasteiger partial charge >= 0.3 is 0 Å². The number of nitrogens with one attached hydrogen (secondary N) is 2. The van der Waals surface area contributed by atoms with Crippen molar-refractivity contribution in [2.45, 2.75) is 18.9 Å². The predicted octanol–water partition coefficient (Wildman–Crippen LogP) is 4.37. The number of aromatic nitrogens is 2. The minimum Gasteiger partial charge on any atom is -0.349 e. The molecule has 2 heterocycles. The van der Waals surface area contributed by atoms with E-state index in [4.69, 9.17) is 0 Å². The van der Waals surface area contributed by atoms with Crippen LogP contribution in [0.4, 0.5) is 5.69 Å². The normalized spacial score (nSPS) is 14.3. The maximum atomic E-state index is 13.0. The Bertz CT molecular complexity index is 1310. The van der Waals surface area contributed by atoms with Crippen LogP contribution in [-0.4, -0.2) is 52.2 Å². The van der Waals surface area contributed by atoms with Crippen LogP contribution in [0, 0.1) is 0 Å². The maximum Gasteiger partial charge on any atom is 0.251 e. The standard InChI is InChI=1S/C29H29N5O2/c35-28(31-24-11-5-2-6-12-24)21-33-18-15-25(16-19-33)32-29(36)23-10-7-13-26(20-23)34-27(14-17-30-34)22-8-3-1-4-9-22/h1-14,17,20,25H,15-16,18-19,21H2,(H,31,35)(H,32,36). The fraction of sp³-hybridized carbons (Fsp3) is 0.207. The van der Waals surface area contributed by atoms with Crippen LogP contribution in [0.3, 0.4) is 0 Å². The number of likely N-dealkylation sites (tertiary alicyclic amines) is 1. The fourth-order valence-corrected chi connectivity index (χ4v) is 4.54. The second-order valence-corrected chi connectivity index (χ2v) is 8.98. The van der Waals surface area contributed by atoms with E-state index in [1.807, 2.05) is 95.7 Å². The van der Waals surface area contributed by atoms with Crippen LogP contribution in [0.5, 0.6) is 0 Å².